The zero-order valence-electron chi connectivity index (χ0n) is 16.6. The van der Waals surface area contributed by atoms with Gasteiger partial charge in [-0.1, -0.05) is 36.4 Å². The molecule has 0 saturated carbocycles. The van der Waals surface area contributed by atoms with Gasteiger partial charge in [-0.3, -0.25) is 4.98 Å². The summed E-state index contributed by atoms with van der Waals surface area (Å²) in [6, 6.07) is 20.5. The summed E-state index contributed by atoms with van der Waals surface area (Å²) < 4.78 is 14.0. The van der Waals surface area contributed by atoms with Crippen LogP contribution >= 0.6 is 0 Å². The Bertz CT molecular complexity index is 1290. The summed E-state index contributed by atoms with van der Waals surface area (Å²) in [5.41, 5.74) is 5.17. The van der Waals surface area contributed by atoms with Gasteiger partial charge in [0.05, 0.1) is 5.56 Å². The van der Waals surface area contributed by atoms with Crippen molar-refractivity contribution in [2.75, 3.05) is 0 Å². The normalized spacial score (nSPS) is 16.5. The first-order chi connectivity index (χ1) is 15.1. The fourth-order valence-electron chi connectivity index (χ4n) is 4.92. The van der Waals surface area contributed by atoms with Crippen molar-refractivity contribution in [2.45, 2.75) is 18.3 Å². The standard InChI is InChI=1S/C26H19FN2O2/c27-23-14-18(10-13-29-23)16-26(15-17-8-11-28-12-9-17)22-7-2-1-4-19(22)20-5-3-6-21(24(20)26)25(30)31/h1-14H,15-16H2,(H,30,31). The Morgan fingerprint density at radius 2 is 1.58 bits per heavy atom. The zero-order valence-corrected chi connectivity index (χ0v) is 16.6. The summed E-state index contributed by atoms with van der Waals surface area (Å²) in [6.07, 6.45) is 5.94. The Labute approximate surface area is 179 Å². The number of carboxylic acid groups (broad SMARTS) is 1. The highest BCUT2D eigenvalue weighted by Gasteiger charge is 2.45. The van der Waals surface area contributed by atoms with Crippen molar-refractivity contribution in [1.82, 2.24) is 9.97 Å². The van der Waals surface area contributed by atoms with Gasteiger partial charge in [0.25, 0.3) is 0 Å². The molecule has 0 bridgehead atoms. The van der Waals surface area contributed by atoms with E-state index in [-0.39, 0.29) is 5.56 Å². The predicted molar refractivity (Wildman–Crippen MR) is 115 cm³/mol. The number of aromatic nitrogens is 2. The Hall–Kier alpha value is -3.86. The lowest BCUT2D eigenvalue weighted by atomic mass is 9.68. The van der Waals surface area contributed by atoms with Crippen LogP contribution in [0, 0.1) is 5.95 Å². The van der Waals surface area contributed by atoms with Crippen LogP contribution in [0.2, 0.25) is 0 Å². The third-order valence-corrected chi connectivity index (χ3v) is 6.06. The van der Waals surface area contributed by atoms with Crippen LogP contribution in [-0.2, 0) is 18.3 Å². The molecule has 0 radical (unpaired) electrons. The van der Waals surface area contributed by atoms with Gasteiger partial charge in [-0.2, -0.15) is 4.39 Å². The number of hydrogen-bond donors (Lipinski definition) is 1. The fraction of sp³-hybridized carbons (Fsp3) is 0.115. The van der Waals surface area contributed by atoms with Crippen molar-refractivity contribution < 1.29 is 14.3 Å². The van der Waals surface area contributed by atoms with Crippen molar-refractivity contribution in [3.05, 3.63) is 119 Å². The summed E-state index contributed by atoms with van der Waals surface area (Å²) in [5, 5.41) is 10.1. The highest BCUT2D eigenvalue weighted by molar-refractivity contribution is 5.96. The molecule has 1 aliphatic carbocycles. The Morgan fingerprint density at radius 3 is 2.35 bits per heavy atom. The number of fused-ring (bicyclic) bond motifs is 3. The number of aromatic carboxylic acids is 1. The second kappa shape index (κ2) is 7.43. The van der Waals surface area contributed by atoms with E-state index in [1.54, 1.807) is 30.6 Å². The second-order valence-corrected chi connectivity index (χ2v) is 7.86. The third-order valence-electron chi connectivity index (χ3n) is 6.06. The van der Waals surface area contributed by atoms with Crippen LogP contribution < -0.4 is 0 Å². The van der Waals surface area contributed by atoms with Crippen LogP contribution in [0.1, 0.15) is 32.6 Å². The topological polar surface area (TPSA) is 63.1 Å². The Kier molecular flexibility index (Phi) is 4.59. The number of nitrogens with zero attached hydrogens (tertiary/aromatic N) is 2. The van der Waals surface area contributed by atoms with Crippen LogP contribution in [0.3, 0.4) is 0 Å². The molecule has 1 N–H and O–H groups in total. The van der Waals surface area contributed by atoms with Crippen molar-refractivity contribution >= 4 is 5.97 Å². The minimum absolute atomic E-state index is 0.275. The van der Waals surface area contributed by atoms with Gasteiger partial charge in [-0.25, -0.2) is 9.78 Å². The first-order valence-electron chi connectivity index (χ1n) is 10.0. The number of pyridine rings is 2. The largest absolute Gasteiger partial charge is 0.478 e. The monoisotopic (exact) mass is 410 g/mol. The van der Waals surface area contributed by atoms with Gasteiger partial charge in [0.2, 0.25) is 5.95 Å². The van der Waals surface area contributed by atoms with Crippen molar-refractivity contribution in [1.29, 1.82) is 0 Å². The lowest BCUT2D eigenvalue weighted by Gasteiger charge is -2.33. The van der Waals surface area contributed by atoms with Crippen LogP contribution in [0.4, 0.5) is 4.39 Å². The molecule has 5 heteroatoms. The molecule has 2 aromatic heterocycles. The van der Waals surface area contributed by atoms with Crippen molar-refractivity contribution in [3.8, 4) is 11.1 Å². The predicted octanol–water partition coefficient (Wildman–Crippen LogP) is 5.07. The maximum absolute atomic E-state index is 14.0. The molecule has 0 amide bonds. The molecule has 0 spiro atoms. The third kappa shape index (κ3) is 3.19. The summed E-state index contributed by atoms with van der Waals surface area (Å²) in [7, 11) is 0. The second-order valence-electron chi connectivity index (χ2n) is 7.86. The average molecular weight is 410 g/mol. The molecule has 1 aliphatic rings. The highest BCUT2D eigenvalue weighted by Crippen LogP contribution is 2.53. The van der Waals surface area contributed by atoms with E-state index >= 15 is 0 Å². The van der Waals surface area contributed by atoms with Gasteiger partial charge in [-0.05, 0) is 76.6 Å². The van der Waals surface area contributed by atoms with E-state index in [9.17, 15) is 14.3 Å². The molecule has 0 saturated heterocycles. The van der Waals surface area contributed by atoms with E-state index in [0.29, 0.717) is 12.8 Å². The molecule has 1 atom stereocenters. The summed E-state index contributed by atoms with van der Waals surface area (Å²) in [5.74, 6) is -1.51. The molecule has 5 rings (SSSR count). The minimum Gasteiger partial charge on any atom is -0.478 e. The number of carboxylic acids is 1. The molecule has 152 valence electrons. The van der Waals surface area contributed by atoms with Gasteiger partial charge in [-0.15, -0.1) is 0 Å². The van der Waals surface area contributed by atoms with Gasteiger partial charge in [0.15, 0.2) is 0 Å². The van der Waals surface area contributed by atoms with E-state index in [4.69, 9.17) is 0 Å². The quantitative estimate of drug-likeness (QED) is 0.467. The summed E-state index contributed by atoms with van der Waals surface area (Å²) in [6.45, 7) is 0. The minimum atomic E-state index is -0.968. The molecule has 1 unspecified atom stereocenters. The van der Waals surface area contributed by atoms with Crippen LogP contribution in [-0.4, -0.2) is 21.0 Å². The number of rotatable bonds is 5. The summed E-state index contributed by atoms with van der Waals surface area (Å²) in [4.78, 5) is 20.1. The van der Waals surface area contributed by atoms with Crippen molar-refractivity contribution in [2.24, 2.45) is 0 Å². The number of hydrogen-bond acceptors (Lipinski definition) is 3. The maximum Gasteiger partial charge on any atom is 0.336 e. The van der Waals surface area contributed by atoms with Crippen LogP contribution in [0.15, 0.2) is 85.3 Å². The van der Waals surface area contributed by atoms with Gasteiger partial charge < -0.3 is 5.11 Å². The smallest absolute Gasteiger partial charge is 0.336 e. The SMILES string of the molecule is O=C(O)c1cccc2c1C(Cc1ccncc1)(Cc1ccnc(F)c1)c1ccccc1-2. The van der Waals surface area contributed by atoms with Gasteiger partial charge in [0, 0.05) is 24.0 Å². The fourth-order valence-corrected chi connectivity index (χ4v) is 4.92. The van der Waals surface area contributed by atoms with Crippen LogP contribution in [0.25, 0.3) is 11.1 Å². The molecular weight excluding hydrogens is 391 g/mol. The molecule has 0 fully saturated rings. The lowest BCUT2D eigenvalue weighted by molar-refractivity contribution is 0.0694. The van der Waals surface area contributed by atoms with E-state index in [1.165, 1.54) is 12.3 Å². The molecule has 4 aromatic rings. The van der Waals surface area contributed by atoms with E-state index in [1.807, 2.05) is 36.4 Å². The molecule has 2 aromatic carbocycles. The van der Waals surface area contributed by atoms with Gasteiger partial charge in [0.1, 0.15) is 0 Å². The van der Waals surface area contributed by atoms with E-state index in [0.717, 1.165) is 33.4 Å². The summed E-state index contributed by atoms with van der Waals surface area (Å²) >= 11 is 0. The molecule has 31 heavy (non-hydrogen) atoms. The van der Waals surface area contributed by atoms with E-state index in [2.05, 4.69) is 16.0 Å². The molecule has 2 heterocycles. The average Bonchev–Trinajstić information content (AvgIpc) is 3.04. The first kappa shape index (κ1) is 19.1. The number of carbonyl (C=O) groups is 1. The highest BCUT2D eigenvalue weighted by atomic mass is 19.1. The lowest BCUT2D eigenvalue weighted by Crippen LogP contribution is -2.33. The Balaban J connectivity index is 1.82. The van der Waals surface area contributed by atoms with E-state index < -0.39 is 17.3 Å². The molecule has 4 nitrogen and oxygen atoms in total. The van der Waals surface area contributed by atoms with Crippen molar-refractivity contribution in [3.63, 3.8) is 0 Å². The Morgan fingerprint density at radius 1 is 0.871 bits per heavy atom. The first-order valence-corrected chi connectivity index (χ1v) is 10.0. The molecular formula is C26H19FN2O2. The molecule has 0 aliphatic heterocycles. The van der Waals surface area contributed by atoms with Gasteiger partial charge >= 0.3 is 5.97 Å². The number of benzene rings is 2. The number of halogens is 1. The zero-order chi connectivity index (χ0) is 21.4. The van der Waals surface area contributed by atoms with Crippen LogP contribution in [0.5, 0.6) is 0 Å². The maximum atomic E-state index is 14.0.